The van der Waals surface area contributed by atoms with Crippen molar-refractivity contribution in [2.45, 2.75) is 26.3 Å². The maximum absolute atomic E-state index is 12.7. The number of benzene rings is 2. The number of sulfonamides is 1. The number of carbonyl (C=O) groups excluding carboxylic acids is 1. The van der Waals surface area contributed by atoms with Crippen LogP contribution in [0.4, 0.5) is 5.69 Å². The maximum Gasteiger partial charge on any atom is 0.241 e. The second-order valence-electron chi connectivity index (χ2n) is 6.75. The van der Waals surface area contributed by atoms with Gasteiger partial charge in [-0.2, -0.15) is 0 Å². The lowest BCUT2D eigenvalue weighted by atomic mass is 10.0. The lowest BCUT2D eigenvalue weighted by Crippen LogP contribution is -2.41. The van der Waals surface area contributed by atoms with Crippen molar-refractivity contribution in [2.24, 2.45) is 0 Å². The standard InChI is InChI=1S/C21H28N2O5S/c1-6-18(16-9-7-15(2)8-10-16)22-21(24)14-23(29(5,25)26)19-13-17(27-3)11-12-20(19)28-4/h7-13,18H,6,14H2,1-5H3,(H,22,24)/t18-/m0/s1. The fourth-order valence-electron chi connectivity index (χ4n) is 2.96. The number of aryl methyl sites for hydroxylation is 1. The van der Waals surface area contributed by atoms with Crippen molar-refractivity contribution in [3.05, 3.63) is 53.6 Å². The summed E-state index contributed by atoms with van der Waals surface area (Å²) in [5.74, 6) is 0.378. The number of nitrogens with zero attached hydrogens (tertiary/aromatic N) is 1. The van der Waals surface area contributed by atoms with Crippen LogP contribution in [0.25, 0.3) is 0 Å². The first kappa shape index (κ1) is 22.5. The molecule has 2 rings (SSSR count). The van der Waals surface area contributed by atoms with Crippen molar-refractivity contribution in [3.63, 3.8) is 0 Å². The van der Waals surface area contributed by atoms with Gasteiger partial charge in [0.05, 0.1) is 32.2 Å². The van der Waals surface area contributed by atoms with E-state index in [0.717, 1.165) is 21.7 Å². The Morgan fingerprint density at radius 3 is 2.28 bits per heavy atom. The van der Waals surface area contributed by atoms with Crippen LogP contribution in [-0.4, -0.2) is 41.3 Å². The first-order valence-electron chi connectivity index (χ1n) is 9.25. The molecule has 0 aromatic heterocycles. The topological polar surface area (TPSA) is 84.9 Å². The van der Waals surface area contributed by atoms with Crippen LogP contribution >= 0.6 is 0 Å². The molecule has 0 fully saturated rings. The van der Waals surface area contributed by atoms with Gasteiger partial charge in [0.25, 0.3) is 0 Å². The zero-order valence-electron chi connectivity index (χ0n) is 17.4. The number of hydrogen-bond donors (Lipinski definition) is 1. The molecule has 158 valence electrons. The molecule has 1 N–H and O–H groups in total. The highest BCUT2D eigenvalue weighted by Gasteiger charge is 2.25. The Labute approximate surface area is 172 Å². The van der Waals surface area contributed by atoms with Crippen LogP contribution in [0, 0.1) is 6.92 Å². The van der Waals surface area contributed by atoms with Gasteiger partial charge in [-0.1, -0.05) is 36.8 Å². The average Bonchev–Trinajstić information content (AvgIpc) is 2.69. The zero-order chi connectivity index (χ0) is 21.6. The summed E-state index contributed by atoms with van der Waals surface area (Å²) in [5, 5.41) is 2.92. The van der Waals surface area contributed by atoms with Gasteiger partial charge in [-0.3, -0.25) is 9.10 Å². The summed E-state index contributed by atoms with van der Waals surface area (Å²) < 4.78 is 36.4. The summed E-state index contributed by atoms with van der Waals surface area (Å²) in [6.45, 7) is 3.59. The molecule has 0 unspecified atom stereocenters. The summed E-state index contributed by atoms with van der Waals surface area (Å²) >= 11 is 0. The van der Waals surface area contributed by atoms with Crippen molar-refractivity contribution < 1.29 is 22.7 Å². The second kappa shape index (κ2) is 9.65. The minimum Gasteiger partial charge on any atom is -0.497 e. The molecule has 0 heterocycles. The molecule has 0 spiro atoms. The Hall–Kier alpha value is -2.74. The molecule has 1 atom stereocenters. The van der Waals surface area contributed by atoms with Gasteiger partial charge in [-0.05, 0) is 31.0 Å². The van der Waals surface area contributed by atoms with Gasteiger partial charge in [0.1, 0.15) is 18.0 Å². The van der Waals surface area contributed by atoms with Gasteiger partial charge in [-0.25, -0.2) is 8.42 Å². The quantitative estimate of drug-likeness (QED) is 0.674. The van der Waals surface area contributed by atoms with Gasteiger partial charge in [0.15, 0.2) is 0 Å². The number of amides is 1. The SMILES string of the molecule is CC[C@H](NC(=O)CN(c1cc(OC)ccc1OC)S(C)(=O)=O)c1ccc(C)cc1. The van der Waals surface area contributed by atoms with E-state index in [1.54, 1.807) is 12.1 Å². The highest BCUT2D eigenvalue weighted by atomic mass is 32.2. The predicted octanol–water partition coefficient (Wildman–Crippen LogP) is 3.05. The number of hydrogen-bond acceptors (Lipinski definition) is 5. The normalized spacial score (nSPS) is 12.2. The van der Waals surface area contributed by atoms with Crippen LogP contribution in [0.3, 0.4) is 0 Å². The third-order valence-electron chi connectivity index (χ3n) is 4.57. The molecule has 0 aliphatic carbocycles. The molecule has 8 heteroatoms. The molecule has 29 heavy (non-hydrogen) atoms. The van der Waals surface area contributed by atoms with Crippen molar-refractivity contribution in [2.75, 3.05) is 31.3 Å². The Bertz CT molecular complexity index is 942. The van der Waals surface area contributed by atoms with Crippen LogP contribution < -0.4 is 19.1 Å². The lowest BCUT2D eigenvalue weighted by molar-refractivity contribution is -0.120. The highest BCUT2D eigenvalue weighted by Crippen LogP contribution is 2.33. The van der Waals surface area contributed by atoms with E-state index in [0.29, 0.717) is 17.9 Å². The molecule has 0 bridgehead atoms. The molecular formula is C21H28N2O5S. The Kier molecular flexibility index (Phi) is 7.50. The molecule has 1 amide bonds. The van der Waals surface area contributed by atoms with E-state index in [2.05, 4.69) is 5.32 Å². The van der Waals surface area contributed by atoms with Crippen molar-refractivity contribution in [1.82, 2.24) is 5.32 Å². The van der Waals surface area contributed by atoms with Gasteiger partial charge >= 0.3 is 0 Å². The smallest absolute Gasteiger partial charge is 0.241 e. The van der Waals surface area contributed by atoms with E-state index < -0.39 is 15.9 Å². The van der Waals surface area contributed by atoms with Gasteiger partial charge in [-0.15, -0.1) is 0 Å². The zero-order valence-corrected chi connectivity index (χ0v) is 18.2. The number of ether oxygens (including phenoxy) is 2. The van der Waals surface area contributed by atoms with Crippen LogP contribution in [0.2, 0.25) is 0 Å². The molecule has 0 aliphatic rings. The summed E-state index contributed by atoms with van der Waals surface area (Å²) in [6, 6.07) is 12.5. The number of methoxy groups -OCH3 is 2. The van der Waals surface area contributed by atoms with E-state index in [1.165, 1.54) is 20.3 Å². The Morgan fingerprint density at radius 1 is 1.10 bits per heavy atom. The molecule has 2 aromatic rings. The Balaban J connectivity index is 2.29. The number of carbonyl (C=O) groups is 1. The van der Waals surface area contributed by atoms with Crippen LogP contribution in [0.15, 0.2) is 42.5 Å². The number of anilines is 1. The maximum atomic E-state index is 12.7. The molecule has 7 nitrogen and oxygen atoms in total. The summed E-state index contributed by atoms with van der Waals surface area (Å²) in [5.41, 5.74) is 2.34. The van der Waals surface area contributed by atoms with Gasteiger partial charge in [0.2, 0.25) is 15.9 Å². The van der Waals surface area contributed by atoms with Crippen LogP contribution in [0.1, 0.15) is 30.5 Å². The van der Waals surface area contributed by atoms with Crippen LogP contribution in [0.5, 0.6) is 11.5 Å². The van der Waals surface area contributed by atoms with E-state index in [-0.39, 0.29) is 18.3 Å². The minimum absolute atomic E-state index is 0.211. The monoisotopic (exact) mass is 420 g/mol. The van der Waals surface area contributed by atoms with E-state index in [9.17, 15) is 13.2 Å². The molecule has 0 saturated heterocycles. The van der Waals surface area contributed by atoms with E-state index in [1.807, 2.05) is 38.1 Å². The molecule has 2 aromatic carbocycles. The van der Waals surface area contributed by atoms with Gasteiger partial charge < -0.3 is 14.8 Å². The van der Waals surface area contributed by atoms with E-state index in [4.69, 9.17) is 9.47 Å². The summed E-state index contributed by atoms with van der Waals surface area (Å²) in [7, 11) is -0.823. The predicted molar refractivity (Wildman–Crippen MR) is 114 cm³/mol. The lowest BCUT2D eigenvalue weighted by Gasteiger charge is -2.25. The molecule has 0 radical (unpaired) electrons. The van der Waals surface area contributed by atoms with Crippen molar-refractivity contribution >= 4 is 21.6 Å². The van der Waals surface area contributed by atoms with E-state index >= 15 is 0 Å². The van der Waals surface area contributed by atoms with Crippen LogP contribution in [-0.2, 0) is 14.8 Å². The molecule has 0 aliphatic heterocycles. The number of rotatable bonds is 9. The molecular weight excluding hydrogens is 392 g/mol. The fourth-order valence-corrected chi connectivity index (χ4v) is 3.81. The Morgan fingerprint density at radius 2 is 1.76 bits per heavy atom. The second-order valence-corrected chi connectivity index (χ2v) is 8.65. The average molecular weight is 421 g/mol. The first-order valence-corrected chi connectivity index (χ1v) is 11.1. The number of nitrogens with one attached hydrogen (secondary N) is 1. The summed E-state index contributed by atoms with van der Waals surface area (Å²) in [4.78, 5) is 12.7. The summed E-state index contributed by atoms with van der Waals surface area (Å²) in [6.07, 6.45) is 1.73. The first-order chi connectivity index (χ1) is 13.7. The highest BCUT2D eigenvalue weighted by molar-refractivity contribution is 7.92. The molecule has 0 saturated carbocycles. The largest absolute Gasteiger partial charge is 0.497 e. The minimum atomic E-state index is -3.75. The van der Waals surface area contributed by atoms with Crippen molar-refractivity contribution in [1.29, 1.82) is 0 Å². The van der Waals surface area contributed by atoms with Gasteiger partial charge in [0, 0.05) is 6.07 Å². The third-order valence-corrected chi connectivity index (χ3v) is 5.69. The van der Waals surface area contributed by atoms with Crippen molar-refractivity contribution in [3.8, 4) is 11.5 Å². The fraction of sp³-hybridized carbons (Fsp3) is 0.381. The third kappa shape index (κ3) is 5.87.